The summed E-state index contributed by atoms with van der Waals surface area (Å²) >= 11 is 0. The summed E-state index contributed by atoms with van der Waals surface area (Å²) < 4.78 is 0. The minimum absolute atomic E-state index is 0.187. The third-order valence-corrected chi connectivity index (χ3v) is 9.33. The molecule has 3 aromatic carbocycles. The van der Waals surface area contributed by atoms with Gasteiger partial charge in [0.25, 0.3) is 0 Å². The molecule has 228 valence electrons. The summed E-state index contributed by atoms with van der Waals surface area (Å²) in [6.07, 6.45) is 18.3. The number of hydrogen-bond acceptors (Lipinski definition) is 2. The molecule has 5 heterocycles. The monoisotopic (exact) mass is 616 g/mol. The van der Waals surface area contributed by atoms with E-state index in [4.69, 9.17) is 9.97 Å². The van der Waals surface area contributed by atoms with Gasteiger partial charge in [-0.05, 0) is 71.7 Å². The molecule has 6 aromatic rings. The number of allylic oxidation sites excluding steroid dienone is 4. The van der Waals surface area contributed by atoms with Crippen LogP contribution in [-0.2, 0) is 0 Å². The fourth-order valence-corrected chi connectivity index (χ4v) is 7.14. The maximum atomic E-state index is 5.39. The summed E-state index contributed by atoms with van der Waals surface area (Å²) in [7, 11) is 0. The zero-order valence-corrected chi connectivity index (χ0v) is 26.3. The van der Waals surface area contributed by atoms with E-state index in [1.165, 1.54) is 5.56 Å². The maximum absolute atomic E-state index is 5.39. The number of H-pyrrole nitrogens is 2. The van der Waals surface area contributed by atoms with Crippen LogP contribution in [0, 0.1) is 0 Å². The Kier molecular flexibility index (Phi) is 6.90. The van der Waals surface area contributed by atoms with Gasteiger partial charge in [-0.2, -0.15) is 0 Å². The van der Waals surface area contributed by atoms with Gasteiger partial charge in [-0.15, -0.1) is 0 Å². The van der Waals surface area contributed by atoms with Crippen LogP contribution in [-0.4, -0.2) is 19.9 Å². The number of rotatable bonds is 4. The molecule has 0 saturated heterocycles. The highest BCUT2D eigenvalue weighted by atomic mass is 14.8. The van der Waals surface area contributed by atoms with Gasteiger partial charge < -0.3 is 9.97 Å². The van der Waals surface area contributed by atoms with Crippen LogP contribution in [0.15, 0.2) is 140 Å². The summed E-state index contributed by atoms with van der Waals surface area (Å²) in [6.45, 7) is 0. The van der Waals surface area contributed by atoms with Crippen molar-refractivity contribution in [2.75, 3.05) is 0 Å². The third-order valence-electron chi connectivity index (χ3n) is 9.33. The SMILES string of the molecule is C1=CCC(c2c3nc(c(-c4ccccc4)c4ccc([nH]4)c(-c4ccccc4)c4nc(c(-c5ccccc5)c5ccc2[nH]5)C=C4)C=C3)C=C1. The summed E-state index contributed by atoms with van der Waals surface area (Å²) in [4.78, 5) is 18.4. The molecule has 3 aromatic heterocycles. The highest BCUT2D eigenvalue weighted by molar-refractivity contribution is 5.97. The second-order valence-corrected chi connectivity index (χ2v) is 12.3. The Labute approximate surface area is 279 Å². The molecule has 2 aliphatic heterocycles. The van der Waals surface area contributed by atoms with Gasteiger partial charge in [0, 0.05) is 50.2 Å². The topological polar surface area (TPSA) is 57.4 Å². The van der Waals surface area contributed by atoms with Crippen molar-refractivity contribution >= 4 is 46.4 Å². The summed E-state index contributed by atoms with van der Waals surface area (Å²) in [6, 6.07) is 40.4. The smallest absolute Gasteiger partial charge is 0.0737 e. The van der Waals surface area contributed by atoms with Crippen LogP contribution in [0.4, 0.5) is 0 Å². The average Bonchev–Trinajstić information content (AvgIpc) is 3.98. The van der Waals surface area contributed by atoms with Crippen LogP contribution in [0.25, 0.3) is 79.8 Å². The molecule has 2 N–H and O–H groups in total. The Morgan fingerprint density at radius 1 is 0.438 bits per heavy atom. The first-order valence-electron chi connectivity index (χ1n) is 16.5. The summed E-state index contributed by atoms with van der Waals surface area (Å²) in [5.74, 6) is 0.187. The molecule has 0 fully saturated rings. The van der Waals surface area contributed by atoms with Gasteiger partial charge in [0.1, 0.15) is 0 Å². The van der Waals surface area contributed by atoms with E-state index in [1.807, 2.05) is 0 Å². The largest absolute Gasteiger partial charge is 0.355 e. The zero-order chi connectivity index (χ0) is 31.9. The van der Waals surface area contributed by atoms with Crippen LogP contribution in [0.2, 0.25) is 0 Å². The molecule has 9 rings (SSSR count). The van der Waals surface area contributed by atoms with E-state index in [1.54, 1.807) is 0 Å². The molecule has 0 spiro atoms. The minimum Gasteiger partial charge on any atom is -0.355 e. The van der Waals surface area contributed by atoms with E-state index in [2.05, 4.69) is 174 Å². The highest BCUT2D eigenvalue weighted by Crippen LogP contribution is 2.38. The van der Waals surface area contributed by atoms with Gasteiger partial charge in [-0.3, -0.25) is 0 Å². The zero-order valence-electron chi connectivity index (χ0n) is 26.3. The van der Waals surface area contributed by atoms with Crippen molar-refractivity contribution in [3.05, 3.63) is 168 Å². The van der Waals surface area contributed by atoms with Crippen LogP contribution < -0.4 is 0 Å². The molecule has 3 aliphatic rings. The lowest BCUT2D eigenvalue weighted by atomic mass is 9.91. The number of aromatic nitrogens is 4. The number of hydrogen-bond donors (Lipinski definition) is 2. The molecule has 0 saturated carbocycles. The first-order chi connectivity index (χ1) is 23.8. The molecular weight excluding hydrogens is 585 g/mol. The Balaban J connectivity index is 1.47. The molecule has 1 unspecified atom stereocenters. The lowest BCUT2D eigenvalue weighted by Gasteiger charge is -2.14. The van der Waals surface area contributed by atoms with E-state index >= 15 is 0 Å². The number of nitrogens with zero attached hydrogens (tertiary/aromatic N) is 2. The van der Waals surface area contributed by atoms with Crippen LogP contribution in [0.5, 0.6) is 0 Å². The van der Waals surface area contributed by atoms with E-state index in [-0.39, 0.29) is 5.92 Å². The van der Waals surface area contributed by atoms with Gasteiger partial charge in [-0.25, -0.2) is 9.97 Å². The van der Waals surface area contributed by atoms with Crippen molar-refractivity contribution in [2.24, 2.45) is 0 Å². The van der Waals surface area contributed by atoms with Crippen LogP contribution in [0.1, 0.15) is 40.7 Å². The Bertz CT molecular complexity index is 2420. The number of fused-ring (bicyclic) bond motifs is 8. The van der Waals surface area contributed by atoms with Crippen molar-refractivity contribution in [3.8, 4) is 33.4 Å². The molecule has 8 bridgehead atoms. The lowest BCUT2D eigenvalue weighted by Crippen LogP contribution is -2.00. The Morgan fingerprint density at radius 2 is 0.854 bits per heavy atom. The average molecular weight is 617 g/mol. The predicted molar refractivity (Wildman–Crippen MR) is 201 cm³/mol. The minimum atomic E-state index is 0.187. The van der Waals surface area contributed by atoms with E-state index in [9.17, 15) is 0 Å². The molecule has 1 atom stereocenters. The van der Waals surface area contributed by atoms with Gasteiger partial charge in [0.2, 0.25) is 0 Å². The number of benzene rings is 3. The van der Waals surface area contributed by atoms with Crippen molar-refractivity contribution in [1.29, 1.82) is 0 Å². The molecular formula is C44H32N4. The van der Waals surface area contributed by atoms with Crippen molar-refractivity contribution in [3.63, 3.8) is 0 Å². The molecule has 48 heavy (non-hydrogen) atoms. The molecule has 0 amide bonds. The molecule has 4 nitrogen and oxygen atoms in total. The van der Waals surface area contributed by atoms with E-state index < -0.39 is 0 Å². The fourth-order valence-electron chi connectivity index (χ4n) is 7.14. The number of aromatic amines is 2. The van der Waals surface area contributed by atoms with Crippen LogP contribution >= 0.6 is 0 Å². The van der Waals surface area contributed by atoms with Crippen molar-refractivity contribution in [1.82, 2.24) is 19.9 Å². The third kappa shape index (κ3) is 4.95. The second-order valence-electron chi connectivity index (χ2n) is 12.3. The van der Waals surface area contributed by atoms with Crippen molar-refractivity contribution < 1.29 is 0 Å². The normalized spacial score (nSPS) is 14.9. The van der Waals surface area contributed by atoms with E-state index in [0.717, 1.165) is 84.6 Å². The van der Waals surface area contributed by atoms with Gasteiger partial charge >= 0.3 is 0 Å². The first kappa shape index (κ1) is 28.0. The van der Waals surface area contributed by atoms with Crippen molar-refractivity contribution in [2.45, 2.75) is 12.3 Å². The fraction of sp³-hybridized carbons (Fsp3) is 0.0455. The van der Waals surface area contributed by atoms with E-state index in [0.29, 0.717) is 0 Å². The number of nitrogens with one attached hydrogen (secondary N) is 2. The van der Waals surface area contributed by atoms with Gasteiger partial charge in [-0.1, -0.05) is 115 Å². The maximum Gasteiger partial charge on any atom is 0.0737 e. The quantitative estimate of drug-likeness (QED) is 0.207. The predicted octanol–water partition coefficient (Wildman–Crippen LogP) is 11.3. The molecule has 0 radical (unpaired) electrons. The molecule has 4 heteroatoms. The van der Waals surface area contributed by atoms with Gasteiger partial charge in [0.15, 0.2) is 0 Å². The van der Waals surface area contributed by atoms with Crippen LogP contribution in [0.3, 0.4) is 0 Å². The summed E-state index contributed by atoms with van der Waals surface area (Å²) in [5, 5.41) is 0. The second kappa shape index (κ2) is 11.8. The highest BCUT2D eigenvalue weighted by Gasteiger charge is 2.21. The summed E-state index contributed by atoms with van der Waals surface area (Å²) in [5.41, 5.74) is 15.5. The van der Waals surface area contributed by atoms with Gasteiger partial charge in [0.05, 0.1) is 22.8 Å². The Morgan fingerprint density at radius 3 is 1.31 bits per heavy atom. The first-order valence-corrected chi connectivity index (χ1v) is 16.5. The Hall–Kier alpha value is -6.26. The lowest BCUT2D eigenvalue weighted by molar-refractivity contribution is 0.852. The standard InChI is InChI=1S/C44H32N4/c1-5-13-29(14-6-1)41-33-21-23-35(45-33)42(30-15-7-2-8-16-30)37-25-27-39(47-37)44(32-19-11-4-12-20-32)40-28-26-38(48-40)43(31-17-9-3-10-18-31)36-24-22-34(41)46-36/h1-19,21-28,32,45,48H,20H2. The molecule has 1 aliphatic carbocycles.